The topological polar surface area (TPSA) is 34.4 Å². The predicted molar refractivity (Wildman–Crippen MR) is 61.7 cm³/mol. The molecule has 3 nitrogen and oxygen atoms in total. The van der Waals surface area contributed by atoms with E-state index in [-0.39, 0.29) is 0 Å². The van der Waals surface area contributed by atoms with E-state index < -0.39 is 0 Å². The van der Waals surface area contributed by atoms with Crippen LogP contribution in [0.2, 0.25) is 0 Å². The minimum atomic E-state index is 0.364. The number of hydrogen-bond acceptors (Lipinski definition) is 3. The summed E-state index contributed by atoms with van der Waals surface area (Å²) >= 11 is 3.29. The molecule has 1 saturated heterocycles. The van der Waals surface area contributed by atoms with E-state index in [1.165, 1.54) is 6.42 Å². The molecule has 2 atom stereocenters. The van der Waals surface area contributed by atoms with Crippen molar-refractivity contribution in [1.82, 2.24) is 5.32 Å². The molecule has 4 heteroatoms. The van der Waals surface area contributed by atoms with Crippen molar-refractivity contribution < 1.29 is 9.15 Å². The highest BCUT2D eigenvalue weighted by atomic mass is 79.9. The molecule has 1 fully saturated rings. The summed E-state index contributed by atoms with van der Waals surface area (Å²) in [6, 6.07) is 4.27. The smallest absolute Gasteiger partial charge is 0.169 e. The van der Waals surface area contributed by atoms with E-state index in [2.05, 4.69) is 28.2 Å². The van der Waals surface area contributed by atoms with Crippen molar-refractivity contribution in [2.24, 2.45) is 0 Å². The van der Waals surface area contributed by atoms with Crippen molar-refractivity contribution in [3.8, 4) is 0 Å². The number of hydrogen-bond donors (Lipinski definition) is 1. The summed E-state index contributed by atoms with van der Waals surface area (Å²) in [7, 11) is 0. The van der Waals surface area contributed by atoms with Gasteiger partial charge < -0.3 is 14.5 Å². The molecule has 1 aromatic rings. The van der Waals surface area contributed by atoms with E-state index in [9.17, 15) is 0 Å². The lowest BCUT2D eigenvalue weighted by atomic mass is 10.1. The third-order valence-corrected chi connectivity index (χ3v) is 3.18. The first-order chi connectivity index (χ1) is 7.25. The first kappa shape index (κ1) is 11.2. The molecular formula is C11H16BrNO2. The van der Waals surface area contributed by atoms with E-state index >= 15 is 0 Å². The number of nitrogens with one attached hydrogen (secondary N) is 1. The van der Waals surface area contributed by atoms with Gasteiger partial charge in [0.25, 0.3) is 0 Å². The second kappa shape index (κ2) is 5.14. The average molecular weight is 274 g/mol. The largest absolute Gasteiger partial charge is 0.453 e. The molecule has 0 aliphatic carbocycles. The van der Waals surface area contributed by atoms with Crippen molar-refractivity contribution >= 4 is 15.9 Å². The Hall–Kier alpha value is -0.320. The lowest BCUT2D eigenvalue weighted by molar-refractivity contribution is 0.0825. The summed E-state index contributed by atoms with van der Waals surface area (Å²) in [5.41, 5.74) is 0. The van der Waals surface area contributed by atoms with Gasteiger partial charge >= 0.3 is 0 Å². The van der Waals surface area contributed by atoms with Crippen molar-refractivity contribution in [3.05, 3.63) is 22.6 Å². The lowest BCUT2D eigenvalue weighted by Crippen LogP contribution is -2.36. The molecule has 0 saturated carbocycles. The Bertz CT molecular complexity index is 307. The Morgan fingerprint density at radius 3 is 3.07 bits per heavy atom. The molecule has 2 unspecified atom stereocenters. The van der Waals surface area contributed by atoms with E-state index in [1.54, 1.807) is 0 Å². The maximum Gasteiger partial charge on any atom is 0.169 e. The van der Waals surface area contributed by atoms with E-state index in [0.29, 0.717) is 12.1 Å². The summed E-state index contributed by atoms with van der Waals surface area (Å²) in [6.07, 6.45) is 2.71. The highest BCUT2D eigenvalue weighted by molar-refractivity contribution is 9.10. The molecule has 2 rings (SSSR count). The van der Waals surface area contributed by atoms with Crippen LogP contribution >= 0.6 is 15.9 Å². The Labute approximate surface area is 98.3 Å². The summed E-state index contributed by atoms with van der Waals surface area (Å²) in [5.74, 6) is 0.951. The zero-order valence-electron chi connectivity index (χ0n) is 8.83. The third kappa shape index (κ3) is 3.06. The van der Waals surface area contributed by atoms with Gasteiger partial charge in [-0.25, -0.2) is 0 Å². The monoisotopic (exact) mass is 273 g/mol. The highest BCUT2D eigenvalue weighted by Gasteiger charge is 2.21. The summed E-state index contributed by atoms with van der Waals surface area (Å²) < 4.78 is 11.8. The summed E-state index contributed by atoms with van der Waals surface area (Å²) in [4.78, 5) is 0. The van der Waals surface area contributed by atoms with Gasteiger partial charge in [0, 0.05) is 12.6 Å². The maximum absolute atomic E-state index is 5.61. The fraction of sp³-hybridized carbons (Fsp3) is 0.636. The van der Waals surface area contributed by atoms with Crippen molar-refractivity contribution in [1.29, 1.82) is 0 Å². The molecule has 15 heavy (non-hydrogen) atoms. The van der Waals surface area contributed by atoms with Gasteiger partial charge in [-0.3, -0.25) is 0 Å². The van der Waals surface area contributed by atoms with Gasteiger partial charge in [-0.05, 0) is 47.8 Å². The molecule has 0 spiro atoms. The molecule has 0 amide bonds. The molecule has 1 aromatic heterocycles. The highest BCUT2D eigenvalue weighted by Crippen LogP contribution is 2.17. The molecular weight excluding hydrogens is 258 g/mol. The third-order valence-electron chi connectivity index (χ3n) is 2.75. The van der Waals surface area contributed by atoms with Crippen LogP contribution in [0.5, 0.6) is 0 Å². The maximum atomic E-state index is 5.61. The molecule has 0 aromatic carbocycles. The average Bonchev–Trinajstić information content (AvgIpc) is 2.84. The minimum Gasteiger partial charge on any atom is -0.453 e. The predicted octanol–water partition coefficient (Wildman–Crippen LogP) is 2.70. The molecule has 1 aliphatic rings. The van der Waals surface area contributed by atoms with Crippen LogP contribution in [0.15, 0.2) is 21.2 Å². The zero-order chi connectivity index (χ0) is 10.7. The van der Waals surface area contributed by atoms with Gasteiger partial charge in [-0.1, -0.05) is 0 Å². The zero-order valence-corrected chi connectivity index (χ0v) is 10.4. The molecule has 1 aliphatic heterocycles. The number of furan rings is 1. The second-order valence-electron chi connectivity index (χ2n) is 3.93. The molecule has 0 bridgehead atoms. The van der Waals surface area contributed by atoms with Gasteiger partial charge in [0.1, 0.15) is 5.76 Å². The fourth-order valence-corrected chi connectivity index (χ4v) is 2.18. The second-order valence-corrected chi connectivity index (χ2v) is 4.71. The van der Waals surface area contributed by atoms with Crippen LogP contribution in [0, 0.1) is 0 Å². The standard InChI is InChI=1S/C11H16BrNO2/c1-8(10-3-2-6-14-10)13-7-9-4-5-11(12)15-9/h4-5,8,10,13H,2-3,6-7H2,1H3. The van der Waals surface area contributed by atoms with Crippen LogP contribution in [0.25, 0.3) is 0 Å². The van der Waals surface area contributed by atoms with E-state index in [1.807, 2.05) is 12.1 Å². The summed E-state index contributed by atoms with van der Waals surface area (Å²) in [6.45, 7) is 3.82. The molecule has 1 N–H and O–H groups in total. The molecule has 0 radical (unpaired) electrons. The van der Waals surface area contributed by atoms with Gasteiger partial charge in [-0.15, -0.1) is 0 Å². The van der Waals surface area contributed by atoms with Gasteiger partial charge in [-0.2, -0.15) is 0 Å². The summed E-state index contributed by atoms with van der Waals surface area (Å²) in [5, 5.41) is 3.41. The Kier molecular flexibility index (Phi) is 3.83. The Balaban J connectivity index is 1.77. The Morgan fingerprint density at radius 2 is 2.47 bits per heavy atom. The number of ether oxygens (including phenoxy) is 1. The van der Waals surface area contributed by atoms with Crippen LogP contribution < -0.4 is 5.32 Å². The molecule has 84 valence electrons. The lowest BCUT2D eigenvalue weighted by Gasteiger charge is -2.19. The van der Waals surface area contributed by atoms with Gasteiger partial charge in [0.15, 0.2) is 4.67 Å². The number of rotatable bonds is 4. The normalized spacial score (nSPS) is 23.2. The van der Waals surface area contributed by atoms with Crippen molar-refractivity contribution in [2.45, 2.75) is 38.5 Å². The molecule has 2 heterocycles. The number of halogens is 1. The van der Waals surface area contributed by atoms with E-state index in [0.717, 1.165) is 30.0 Å². The minimum absolute atomic E-state index is 0.364. The Morgan fingerprint density at radius 1 is 1.60 bits per heavy atom. The van der Waals surface area contributed by atoms with Crippen LogP contribution in [0.3, 0.4) is 0 Å². The first-order valence-electron chi connectivity index (χ1n) is 5.35. The van der Waals surface area contributed by atoms with E-state index in [4.69, 9.17) is 9.15 Å². The van der Waals surface area contributed by atoms with Crippen LogP contribution in [0.4, 0.5) is 0 Å². The SMILES string of the molecule is CC(NCc1ccc(Br)o1)C1CCCO1. The van der Waals surface area contributed by atoms with Crippen LogP contribution in [0.1, 0.15) is 25.5 Å². The first-order valence-corrected chi connectivity index (χ1v) is 6.14. The quantitative estimate of drug-likeness (QED) is 0.916. The van der Waals surface area contributed by atoms with Gasteiger partial charge in [0.05, 0.1) is 12.6 Å². The van der Waals surface area contributed by atoms with Crippen LogP contribution in [-0.4, -0.2) is 18.8 Å². The van der Waals surface area contributed by atoms with Crippen molar-refractivity contribution in [3.63, 3.8) is 0 Å². The van der Waals surface area contributed by atoms with Crippen molar-refractivity contribution in [2.75, 3.05) is 6.61 Å². The fourth-order valence-electron chi connectivity index (χ4n) is 1.84. The van der Waals surface area contributed by atoms with Gasteiger partial charge in [0.2, 0.25) is 0 Å². The van der Waals surface area contributed by atoms with Crippen LogP contribution in [-0.2, 0) is 11.3 Å².